The van der Waals surface area contributed by atoms with Gasteiger partial charge in [0.2, 0.25) is 0 Å². The van der Waals surface area contributed by atoms with Crippen molar-refractivity contribution in [1.82, 2.24) is 15.1 Å². The summed E-state index contributed by atoms with van der Waals surface area (Å²) in [5, 5.41) is 4.04. The summed E-state index contributed by atoms with van der Waals surface area (Å²) in [6, 6.07) is 7.51. The molecule has 3 aromatic rings. The van der Waals surface area contributed by atoms with Crippen LogP contribution in [-0.2, 0) is 5.54 Å². The van der Waals surface area contributed by atoms with Crippen LogP contribution in [0.1, 0.15) is 30.8 Å². The van der Waals surface area contributed by atoms with Crippen molar-refractivity contribution in [3.8, 4) is 22.9 Å². The van der Waals surface area contributed by atoms with Gasteiger partial charge in [0.25, 0.3) is 5.89 Å². The highest BCUT2D eigenvalue weighted by molar-refractivity contribution is 5.61. The molecule has 3 heterocycles. The molecular weight excluding hydrogens is 280 g/mol. The standard InChI is InChI=1S/C16H16N4O2/c1-10-11(5-6-12(18-10)13-4-2-9-21-13)14-19-15(20-22-14)16(17)7-3-8-16/h2,4-6,9H,3,7-8,17H2,1H3. The van der Waals surface area contributed by atoms with Crippen molar-refractivity contribution in [2.75, 3.05) is 0 Å². The largest absolute Gasteiger partial charge is 0.463 e. The Hall–Kier alpha value is -2.47. The van der Waals surface area contributed by atoms with E-state index in [0.29, 0.717) is 11.7 Å². The van der Waals surface area contributed by atoms with Gasteiger partial charge in [-0.3, -0.25) is 0 Å². The minimum absolute atomic E-state index is 0.419. The molecule has 112 valence electrons. The molecular formula is C16H16N4O2. The lowest BCUT2D eigenvalue weighted by Gasteiger charge is -2.34. The molecule has 6 nitrogen and oxygen atoms in total. The van der Waals surface area contributed by atoms with Crippen LogP contribution in [0, 0.1) is 6.92 Å². The van der Waals surface area contributed by atoms with E-state index in [9.17, 15) is 0 Å². The minimum Gasteiger partial charge on any atom is -0.463 e. The molecule has 0 aromatic carbocycles. The molecule has 3 aromatic heterocycles. The highest BCUT2D eigenvalue weighted by atomic mass is 16.5. The first-order valence-corrected chi connectivity index (χ1v) is 7.31. The Labute approximate surface area is 127 Å². The van der Waals surface area contributed by atoms with Gasteiger partial charge in [0, 0.05) is 0 Å². The first kappa shape index (κ1) is 13.2. The van der Waals surface area contributed by atoms with E-state index in [1.807, 2.05) is 31.2 Å². The summed E-state index contributed by atoms with van der Waals surface area (Å²) in [6.45, 7) is 1.91. The van der Waals surface area contributed by atoms with Crippen molar-refractivity contribution >= 4 is 0 Å². The van der Waals surface area contributed by atoms with Crippen LogP contribution in [0.25, 0.3) is 22.9 Å². The summed E-state index contributed by atoms with van der Waals surface area (Å²) in [6.07, 6.45) is 4.55. The molecule has 1 saturated carbocycles. The Morgan fingerprint density at radius 3 is 2.68 bits per heavy atom. The summed E-state index contributed by atoms with van der Waals surface area (Å²) in [5.41, 5.74) is 8.21. The maximum Gasteiger partial charge on any atom is 0.259 e. The second kappa shape index (κ2) is 4.78. The molecule has 1 fully saturated rings. The zero-order valence-corrected chi connectivity index (χ0v) is 12.2. The second-order valence-electron chi connectivity index (χ2n) is 5.74. The Morgan fingerprint density at radius 2 is 2.05 bits per heavy atom. The van der Waals surface area contributed by atoms with Crippen LogP contribution in [-0.4, -0.2) is 15.1 Å². The first-order chi connectivity index (χ1) is 10.7. The predicted molar refractivity (Wildman–Crippen MR) is 79.7 cm³/mol. The lowest BCUT2D eigenvalue weighted by atomic mass is 9.77. The third-order valence-corrected chi connectivity index (χ3v) is 4.21. The molecule has 6 heteroatoms. The van der Waals surface area contributed by atoms with E-state index in [1.165, 1.54) is 0 Å². The zero-order chi connectivity index (χ0) is 15.2. The quantitative estimate of drug-likeness (QED) is 0.798. The number of aromatic nitrogens is 3. The monoisotopic (exact) mass is 296 g/mol. The van der Waals surface area contributed by atoms with E-state index in [2.05, 4.69) is 15.1 Å². The second-order valence-corrected chi connectivity index (χ2v) is 5.74. The van der Waals surface area contributed by atoms with Crippen molar-refractivity contribution in [2.45, 2.75) is 31.7 Å². The van der Waals surface area contributed by atoms with Crippen LogP contribution in [0.2, 0.25) is 0 Å². The van der Waals surface area contributed by atoms with Gasteiger partial charge in [0.05, 0.1) is 23.1 Å². The Morgan fingerprint density at radius 1 is 1.18 bits per heavy atom. The number of hydrogen-bond donors (Lipinski definition) is 1. The summed E-state index contributed by atoms with van der Waals surface area (Å²) in [7, 11) is 0. The van der Waals surface area contributed by atoms with Gasteiger partial charge in [-0.2, -0.15) is 4.98 Å². The van der Waals surface area contributed by atoms with Crippen LogP contribution in [0.3, 0.4) is 0 Å². The molecule has 0 bridgehead atoms. The molecule has 0 amide bonds. The molecule has 22 heavy (non-hydrogen) atoms. The lowest BCUT2D eigenvalue weighted by Crippen LogP contribution is -2.44. The number of pyridine rings is 1. The Kier molecular flexibility index (Phi) is 2.87. The number of nitrogens with two attached hydrogens (primary N) is 1. The van der Waals surface area contributed by atoms with E-state index < -0.39 is 5.54 Å². The van der Waals surface area contributed by atoms with Crippen molar-refractivity contribution in [3.63, 3.8) is 0 Å². The van der Waals surface area contributed by atoms with Crippen LogP contribution in [0.4, 0.5) is 0 Å². The predicted octanol–water partition coefficient (Wildman–Crippen LogP) is 3.04. The van der Waals surface area contributed by atoms with Crippen molar-refractivity contribution in [1.29, 1.82) is 0 Å². The van der Waals surface area contributed by atoms with Crippen LogP contribution in [0.15, 0.2) is 39.5 Å². The molecule has 2 N–H and O–H groups in total. The highest BCUT2D eigenvalue weighted by Gasteiger charge is 2.39. The maximum absolute atomic E-state index is 6.23. The fourth-order valence-electron chi connectivity index (χ4n) is 2.67. The topological polar surface area (TPSA) is 91.0 Å². The summed E-state index contributed by atoms with van der Waals surface area (Å²) >= 11 is 0. The fraction of sp³-hybridized carbons (Fsp3) is 0.312. The molecule has 1 aliphatic rings. The van der Waals surface area contributed by atoms with Gasteiger partial charge in [-0.25, -0.2) is 4.98 Å². The molecule has 0 atom stereocenters. The summed E-state index contributed by atoms with van der Waals surface area (Å²) < 4.78 is 10.7. The Balaban J connectivity index is 1.68. The minimum atomic E-state index is -0.419. The van der Waals surface area contributed by atoms with Crippen LogP contribution in [0.5, 0.6) is 0 Å². The van der Waals surface area contributed by atoms with Gasteiger partial charge < -0.3 is 14.7 Å². The smallest absolute Gasteiger partial charge is 0.259 e. The van der Waals surface area contributed by atoms with Gasteiger partial charge >= 0.3 is 0 Å². The van der Waals surface area contributed by atoms with Crippen molar-refractivity contribution in [3.05, 3.63) is 42.0 Å². The van der Waals surface area contributed by atoms with E-state index in [-0.39, 0.29) is 0 Å². The number of rotatable bonds is 3. The van der Waals surface area contributed by atoms with Gasteiger partial charge in [-0.15, -0.1) is 0 Å². The van der Waals surface area contributed by atoms with Crippen LogP contribution < -0.4 is 5.73 Å². The molecule has 4 rings (SSSR count). The van der Waals surface area contributed by atoms with Crippen LogP contribution >= 0.6 is 0 Å². The Bertz CT molecular complexity index is 803. The third kappa shape index (κ3) is 2.03. The maximum atomic E-state index is 6.23. The molecule has 0 unspecified atom stereocenters. The van der Waals surface area contributed by atoms with Gasteiger partial charge in [-0.05, 0) is 50.5 Å². The zero-order valence-electron chi connectivity index (χ0n) is 12.2. The van der Waals surface area contributed by atoms with Crippen molar-refractivity contribution in [2.24, 2.45) is 5.73 Å². The average Bonchev–Trinajstić information content (AvgIpc) is 3.16. The lowest BCUT2D eigenvalue weighted by molar-refractivity contribution is 0.229. The van der Waals surface area contributed by atoms with E-state index in [0.717, 1.165) is 42.0 Å². The van der Waals surface area contributed by atoms with Gasteiger partial charge in [-0.1, -0.05) is 5.16 Å². The third-order valence-electron chi connectivity index (χ3n) is 4.21. The number of furan rings is 1. The van der Waals surface area contributed by atoms with E-state index in [1.54, 1.807) is 6.26 Å². The van der Waals surface area contributed by atoms with Gasteiger partial charge in [0.1, 0.15) is 5.69 Å². The first-order valence-electron chi connectivity index (χ1n) is 7.31. The molecule has 0 radical (unpaired) electrons. The molecule has 0 saturated heterocycles. The summed E-state index contributed by atoms with van der Waals surface area (Å²) in [4.78, 5) is 9.01. The number of nitrogens with zero attached hydrogens (tertiary/aromatic N) is 3. The van der Waals surface area contributed by atoms with E-state index >= 15 is 0 Å². The average molecular weight is 296 g/mol. The molecule has 0 spiro atoms. The fourth-order valence-corrected chi connectivity index (χ4v) is 2.67. The normalized spacial score (nSPS) is 16.5. The summed E-state index contributed by atoms with van der Waals surface area (Å²) in [5.74, 6) is 1.78. The number of hydrogen-bond acceptors (Lipinski definition) is 6. The highest BCUT2D eigenvalue weighted by Crippen LogP contribution is 2.38. The SMILES string of the molecule is Cc1nc(-c2ccco2)ccc1-c1nc(C2(N)CCC2)no1. The van der Waals surface area contributed by atoms with Gasteiger partial charge in [0.15, 0.2) is 11.6 Å². The molecule has 0 aliphatic heterocycles. The number of aryl methyl sites for hydroxylation is 1. The van der Waals surface area contributed by atoms with E-state index in [4.69, 9.17) is 14.7 Å². The molecule has 1 aliphatic carbocycles. The van der Waals surface area contributed by atoms with Crippen molar-refractivity contribution < 1.29 is 8.94 Å².